The fraction of sp³-hybridized carbons (Fsp3) is 0.333. The van der Waals surface area contributed by atoms with Crippen LogP contribution in [0.1, 0.15) is 30.1 Å². The molecule has 5 rings (SSSR count). The predicted octanol–water partition coefficient (Wildman–Crippen LogP) is 6.17. The Labute approximate surface area is 195 Å². The van der Waals surface area contributed by atoms with Crippen molar-refractivity contribution in [3.63, 3.8) is 0 Å². The van der Waals surface area contributed by atoms with Gasteiger partial charge in [-0.2, -0.15) is 0 Å². The lowest BCUT2D eigenvalue weighted by atomic mass is 10.1. The van der Waals surface area contributed by atoms with Crippen LogP contribution in [-0.4, -0.2) is 42.9 Å². The van der Waals surface area contributed by atoms with E-state index in [1.807, 2.05) is 54.6 Å². The normalized spacial score (nSPS) is 17.9. The fourth-order valence-electron chi connectivity index (χ4n) is 3.88. The van der Waals surface area contributed by atoms with E-state index in [9.17, 15) is 5.11 Å². The topological polar surface area (TPSA) is 41.9 Å². The summed E-state index contributed by atoms with van der Waals surface area (Å²) in [5.41, 5.74) is 1.27. The number of fused-ring (bicyclic) bond motifs is 1. The Morgan fingerprint density at radius 1 is 0.906 bits per heavy atom. The molecule has 1 saturated heterocycles. The third-order valence-electron chi connectivity index (χ3n) is 5.63. The molecule has 1 atom stereocenters. The molecule has 1 fully saturated rings. The van der Waals surface area contributed by atoms with Gasteiger partial charge < -0.3 is 14.6 Å². The molecule has 1 N–H and O–H groups in total. The average Bonchev–Trinajstić information content (AvgIpc) is 2.86. The molecule has 0 spiro atoms. The molecule has 0 unspecified atom stereocenters. The first-order valence-electron chi connectivity index (χ1n) is 11.4. The minimum absolute atomic E-state index is 0.252. The highest BCUT2D eigenvalue weighted by Gasteiger charge is 2.22. The van der Waals surface area contributed by atoms with Crippen molar-refractivity contribution in [1.29, 1.82) is 0 Å². The summed E-state index contributed by atoms with van der Waals surface area (Å²) in [5, 5.41) is 9.71. The molecule has 2 aliphatic heterocycles. The highest BCUT2D eigenvalue weighted by molar-refractivity contribution is 7.99. The molecular formula is C27H31NO3S. The van der Waals surface area contributed by atoms with Crippen LogP contribution in [0.25, 0.3) is 0 Å². The van der Waals surface area contributed by atoms with Crippen LogP contribution in [-0.2, 0) is 0 Å². The lowest BCUT2D eigenvalue weighted by Crippen LogP contribution is -2.33. The van der Waals surface area contributed by atoms with E-state index in [-0.39, 0.29) is 5.75 Å². The molecule has 168 valence electrons. The number of aromatic hydroxyl groups is 1. The van der Waals surface area contributed by atoms with Gasteiger partial charge in [-0.25, -0.2) is 0 Å². The van der Waals surface area contributed by atoms with Crippen LogP contribution in [0.15, 0.2) is 83.8 Å². The Morgan fingerprint density at radius 3 is 2.38 bits per heavy atom. The highest BCUT2D eigenvalue weighted by Crippen LogP contribution is 2.45. The van der Waals surface area contributed by atoms with Crippen LogP contribution < -0.4 is 9.47 Å². The van der Waals surface area contributed by atoms with Gasteiger partial charge in [-0.15, -0.1) is 11.8 Å². The van der Waals surface area contributed by atoms with Gasteiger partial charge in [-0.3, -0.25) is 4.90 Å². The van der Waals surface area contributed by atoms with Crippen molar-refractivity contribution in [3.8, 4) is 17.2 Å². The maximum atomic E-state index is 9.38. The molecule has 4 nitrogen and oxygen atoms in total. The zero-order valence-electron chi connectivity index (χ0n) is 18.4. The minimum atomic E-state index is 0.252. The van der Waals surface area contributed by atoms with Gasteiger partial charge in [0.15, 0.2) is 0 Å². The Morgan fingerprint density at radius 2 is 1.62 bits per heavy atom. The van der Waals surface area contributed by atoms with Crippen molar-refractivity contribution < 1.29 is 14.6 Å². The fourth-order valence-corrected chi connectivity index (χ4v) is 5.00. The molecule has 0 bridgehead atoms. The van der Waals surface area contributed by atoms with Gasteiger partial charge in [0.1, 0.15) is 30.5 Å². The van der Waals surface area contributed by atoms with Crippen LogP contribution in [0.2, 0.25) is 0 Å². The van der Waals surface area contributed by atoms with Crippen LogP contribution in [0.3, 0.4) is 0 Å². The van der Waals surface area contributed by atoms with Gasteiger partial charge in [0.2, 0.25) is 0 Å². The summed E-state index contributed by atoms with van der Waals surface area (Å²) in [6.45, 7) is 5.01. The third kappa shape index (κ3) is 6.68. The van der Waals surface area contributed by atoms with E-state index in [0.29, 0.717) is 11.9 Å². The Bertz CT molecular complexity index is 946. The number of para-hydroxylation sites is 1. The minimum Gasteiger partial charge on any atom is -0.508 e. The maximum Gasteiger partial charge on any atom is 0.136 e. The molecule has 0 aliphatic carbocycles. The van der Waals surface area contributed by atoms with E-state index in [0.717, 1.165) is 29.5 Å². The number of thioether (sulfide) groups is 1. The number of ether oxygens (including phenoxy) is 2. The zero-order valence-corrected chi connectivity index (χ0v) is 19.2. The van der Waals surface area contributed by atoms with Gasteiger partial charge in [0.25, 0.3) is 0 Å². The van der Waals surface area contributed by atoms with E-state index in [1.54, 1.807) is 23.9 Å². The van der Waals surface area contributed by atoms with E-state index >= 15 is 0 Å². The standard InChI is InChI=1S/C14H12O2S.C13H19NO/c15-11-6-7-13-12(8-11)16-9-14(17-13)10-4-2-1-3-5-10;1-3-7-13(8-4-1)15-12-11-14-9-5-2-6-10-14/h1-8,14-15H,9H2;1,3-4,7-8H,2,5-6,9-12H2/t14-;/m0./s1. The number of phenolic OH excluding ortho intramolecular Hbond substituents is 1. The van der Waals surface area contributed by atoms with Crippen molar-refractivity contribution in [2.24, 2.45) is 0 Å². The predicted molar refractivity (Wildman–Crippen MR) is 131 cm³/mol. The maximum absolute atomic E-state index is 9.38. The monoisotopic (exact) mass is 449 g/mol. The third-order valence-corrected chi connectivity index (χ3v) is 6.91. The van der Waals surface area contributed by atoms with Gasteiger partial charge in [-0.1, -0.05) is 55.0 Å². The van der Waals surface area contributed by atoms with E-state index in [4.69, 9.17) is 9.47 Å². The van der Waals surface area contributed by atoms with Crippen LogP contribution >= 0.6 is 11.8 Å². The SMILES string of the molecule is Oc1ccc2c(c1)OC[C@@H](c1ccccc1)S2.c1ccc(OCCN2CCCCC2)cc1. The second-order valence-corrected chi connectivity index (χ2v) is 9.27. The number of piperidine rings is 1. The number of likely N-dealkylation sites (tertiary alicyclic amines) is 1. The smallest absolute Gasteiger partial charge is 0.136 e. The Hall–Kier alpha value is -2.63. The summed E-state index contributed by atoms with van der Waals surface area (Å²) < 4.78 is 11.4. The van der Waals surface area contributed by atoms with Crippen molar-refractivity contribution >= 4 is 11.8 Å². The van der Waals surface area contributed by atoms with Crippen LogP contribution in [0.4, 0.5) is 0 Å². The largest absolute Gasteiger partial charge is 0.508 e. The van der Waals surface area contributed by atoms with Gasteiger partial charge in [0.05, 0.1) is 10.1 Å². The van der Waals surface area contributed by atoms with Gasteiger partial charge >= 0.3 is 0 Å². The van der Waals surface area contributed by atoms with E-state index < -0.39 is 0 Å². The first-order chi connectivity index (χ1) is 15.8. The van der Waals surface area contributed by atoms with Crippen molar-refractivity contribution in [1.82, 2.24) is 4.90 Å². The van der Waals surface area contributed by atoms with Crippen molar-refractivity contribution in [2.45, 2.75) is 29.4 Å². The highest BCUT2D eigenvalue weighted by atomic mass is 32.2. The number of hydrogen-bond donors (Lipinski definition) is 1. The molecule has 32 heavy (non-hydrogen) atoms. The number of hydrogen-bond acceptors (Lipinski definition) is 5. The average molecular weight is 450 g/mol. The summed E-state index contributed by atoms with van der Waals surface area (Å²) >= 11 is 1.78. The number of benzene rings is 3. The van der Waals surface area contributed by atoms with Crippen molar-refractivity contribution in [2.75, 3.05) is 32.8 Å². The van der Waals surface area contributed by atoms with E-state index in [1.165, 1.54) is 37.9 Å². The number of rotatable bonds is 5. The second-order valence-electron chi connectivity index (χ2n) is 8.02. The lowest BCUT2D eigenvalue weighted by molar-refractivity contribution is 0.183. The van der Waals surface area contributed by atoms with Gasteiger partial charge in [-0.05, 0) is 55.8 Å². The molecule has 2 heterocycles. The summed E-state index contributed by atoms with van der Waals surface area (Å²) in [7, 11) is 0. The summed E-state index contributed by atoms with van der Waals surface area (Å²) in [5.74, 6) is 2.01. The summed E-state index contributed by atoms with van der Waals surface area (Å²) in [6.07, 6.45) is 4.10. The second kappa shape index (κ2) is 11.8. The number of phenols is 1. The molecule has 0 aromatic heterocycles. The molecule has 5 heteroatoms. The lowest BCUT2D eigenvalue weighted by Gasteiger charge is -2.26. The molecule has 2 aliphatic rings. The van der Waals surface area contributed by atoms with Crippen LogP contribution in [0, 0.1) is 0 Å². The molecular weight excluding hydrogens is 418 g/mol. The van der Waals surface area contributed by atoms with E-state index in [2.05, 4.69) is 17.0 Å². The molecule has 0 radical (unpaired) electrons. The Kier molecular flexibility index (Phi) is 8.35. The number of nitrogens with zero attached hydrogens (tertiary/aromatic N) is 1. The molecule has 3 aromatic rings. The van der Waals surface area contributed by atoms with Crippen molar-refractivity contribution in [3.05, 3.63) is 84.4 Å². The first kappa shape index (κ1) is 22.6. The summed E-state index contributed by atoms with van der Waals surface area (Å²) in [6, 6.07) is 25.7. The quantitative estimate of drug-likeness (QED) is 0.505. The van der Waals surface area contributed by atoms with Crippen LogP contribution in [0.5, 0.6) is 17.2 Å². The molecule has 0 amide bonds. The molecule has 0 saturated carbocycles. The first-order valence-corrected chi connectivity index (χ1v) is 12.2. The summed E-state index contributed by atoms with van der Waals surface area (Å²) in [4.78, 5) is 3.58. The zero-order chi connectivity index (χ0) is 22.0. The molecule has 3 aromatic carbocycles. The van der Waals surface area contributed by atoms with Gasteiger partial charge in [0, 0.05) is 12.6 Å². The Balaban J connectivity index is 0.000000155.